The van der Waals surface area contributed by atoms with Gasteiger partial charge in [0.1, 0.15) is 0 Å². The number of hydrogen-bond acceptors (Lipinski definition) is 4. The molecule has 6 heteroatoms. The Morgan fingerprint density at radius 1 is 1.17 bits per heavy atom. The summed E-state index contributed by atoms with van der Waals surface area (Å²) < 4.78 is 7.23. The lowest BCUT2D eigenvalue weighted by atomic mass is 9.96. The second-order valence-corrected chi connectivity index (χ2v) is 8.22. The maximum atomic E-state index is 13.3. The molecule has 2 aliphatic rings. The number of piperidine rings is 1. The van der Waals surface area contributed by atoms with Crippen molar-refractivity contribution in [3.8, 4) is 11.3 Å². The van der Waals surface area contributed by atoms with Gasteiger partial charge in [0.2, 0.25) is 5.91 Å². The Morgan fingerprint density at radius 3 is 2.76 bits per heavy atom. The van der Waals surface area contributed by atoms with Gasteiger partial charge in [-0.15, -0.1) is 0 Å². The molecule has 0 N–H and O–H groups in total. The van der Waals surface area contributed by atoms with Gasteiger partial charge in [-0.1, -0.05) is 30.3 Å². The Morgan fingerprint density at radius 2 is 1.97 bits per heavy atom. The predicted octanol–water partition coefficient (Wildman–Crippen LogP) is 2.37. The van der Waals surface area contributed by atoms with Crippen LogP contribution in [0.25, 0.3) is 11.3 Å². The average Bonchev–Trinajstić information content (AvgIpc) is 2.93. The third-order valence-electron chi connectivity index (χ3n) is 6.35. The maximum absolute atomic E-state index is 13.3. The molecule has 1 fully saturated rings. The van der Waals surface area contributed by atoms with Crippen LogP contribution in [0.1, 0.15) is 24.1 Å². The molecule has 0 saturated carbocycles. The minimum atomic E-state index is 0.119. The van der Waals surface area contributed by atoms with Crippen molar-refractivity contribution in [3.63, 3.8) is 0 Å². The average molecular weight is 397 g/mol. The van der Waals surface area contributed by atoms with E-state index in [0.717, 1.165) is 76.3 Å². The standard InChI is InChI=1S/C23H32N4O2/c1-25-21-11-14-27(23(28)19-9-6-12-26(17-19)15-16-29-2)13-10-20(21)22(24-25)18-7-4-3-5-8-18/h3-5,7-8,19H,6,9-17H2,1-2H3. The summed E-state index contributed by atoms with van der Waals surface area (Å²) in [7, 11) is 3.76. The third kappa shape index (κ3) is 4.38. The van der Waals surface area contributed by atoms with Gasteiger partial charge in [-0.3, -0.25) is 9.48 Å². The molecule has 1 aromatic heterocycles. The molecule has 3 heterocycles. The van der Waals surface area contributed by atoms with Crippen LogP contribution in [0.5, 0.6) is 0 Å². The summed E-state index contributed by atoms with van der Waals surface area (Å²) in [6.07, 6.45) is 3.84. The van der Waals surface area contributed by atoms with Gasteiger partial charge in [0.25, 0.3) is 0 Å². The quantitative estimate of drug-likeness (QED) is 0.779. The zero-order valence-corrected chi connectivity index (χ0v) is 17.6. The second-order valence-electron chi connectivity index (χ2n) is 8.22. The van der Waals surface area contributed by atoms with Gasteiger partial charge in [-0.2, -0.15) is 5.10 Å². The van der Waals surface area contributed by atoms with Crippen molar-refractivity contribution in [2.24, 2.45) is 13.0 Å². The van der Waals surface area contributed by atoms with Crippen molar-refractivity contribution in [3.05, 3.63) is 41.6 Å². The third-order valence-corrected chi connectivity index (χ3v) is 6.35. The lowest BCUT2D eigenvalue weighted by molar-refractivity contribution is -0.137. The van der Waals surface area contributed by atoms with Crippen LogP contribution in [0.4, 0.5) is 0 Å². The van der Waals surface area contributed by atoms with Gasteiger partial charge in [0.15, 0.2) is 0 Å². The van der Waals surface area contributed by atoms with Crippen LogP contribution >= 0.6 is 0 Å². The normalized spacial score (nSPS) is 20.3. The summed E-state index contributed by atoms with van der Waals surface area (Å²) in [5, 5.41) is 4.80. The van der Waals surface area contributed by atoms with E-state index in [9.17, 15) is 4.79 Å². The largest absolute Gasteiger partial charge is 0.383 e. The van der Waals surface area contributed by atoms with Crippen molar-refractivity contribution in [2.75, 3.05) is 46.4 Å². The first-order chi connectivity index (χ1) is 14.2. The van der Waals surface area contributed by atoms with Crippen LogP contribution < -0.4 is 0 Å². The molecular weight excluding hydrogens is 364 g/mol. The molecule has 1 unspecified atom stereocenters. The van der Waals surface area contributed by atoms with E-state index in [1.165, 1.54) is 11.3 Å². The Hall–Kier alpha value is -2.18. The molecule has 29 heavy (non-hydrogen) atoms. The minimum Gasteiger partial charge on any atom is -0.383 e. The molecule has 0 radical (unpaired) electrons. The molecule has 0 aliphatic carbocycles. The van der Waals surface area contributed by atoms with Gasteiger partial charge in [0.05, 0.1) is 18.2 Å². The molecule has 156 valence electrons. The van der Waals surface area contributed by atoms with E-state index in [2.05, 4.69) is 34.1 Å². The number of amides is 1. The number of aryl methyl sites for hydroxylation is 1. The van der Waals surface area contributed by atoms with Gasteiger partial charge in [0, 0.05) is 63.6 Å². The topological polar surface area (TPSA) is 50.6 Å². The van der Waals surface area contributed by atoms with Crippen LogP contribution in [0.2, 0.25) is 0 Å². The number of ether oxygens (including phenoxy) is 1. The molecule has 1 atom stereocenters. The summed E-state index contributed by atoms with van der Waals surface area (Å²) in [4.78, 5) is 17.8. The van der Waals surface area contributed by atoms with Crippen LogP contribution in [0, 0.1) is 5.92 Å². The molecule has 6 nitrogen and oxygen atoms in total. The molecule has 1 amide bonds. The number of rotatable bonds is 5. The molecule has 1 aromatic carbocycles. The highest BCUT2D eigenvalue weighted by molar-refractivity contribution is 5.79. The van der Waals surface area contributed by atoms with Crippen molar-refractivity contribution in [1.29, 1.82) is 0 Å². The van der Waals surface area contributed by atoms with Crippen molar-refractivity contribution in [2.45, 2.75) is 25.7 Å². The Kier molecular flexibility index (Phi) is 6.31. The molecule has 1 saturated heterocycles. The molecule has 2 aliphatic heterocycles. The number of fused-ring (bicyclic) bond motifs is 1. The monoisotopic (exact) mass is 396 g/mol. The van der Waals surface area contributed by atoms with Gasteiger partial charge in [-0.05, 0) is 25.8 Å². The van der Waals surface area contributed by atoms with Crippen molar-refractivity contribution >= 4 is 5.91 Å². The first kappa shape index (κ1) is 20.1. The Bertz CT molecular complexity index is 833. The SMILES string of the molecule is COCCN1CCCC(C(=O)N2CCc3c(-c4ccccc4)nn(C)c3CC2)C1. The summed E-state index contributed by atoms with van der Waals surface area (Å²) >= 11 is 0. The molecule has 0 bridgehead atoms. The number of hydrogen-bond donors (Lipinski definition) is 0. The second kappa shape index (κ2) is 9.09. The summed E-state index contributed by atoms with van der Waals surface area (Å²) in [5.41, 5.74) is 4.80. The van der Waals surface area contributed by atoms with Crippen molar-refractivity contribution in [1.82, 2.24) is 19.6 Å². The number of nitrogens with zero attached hydrogens (tertiary/aromatic N) is 4. The Balaban J connectivity index is 1.45. The highest BCUT2D eigenvalue weighted by atomic mass is 16.5. The minimum absolute atomic E-state index is 0.119. The smallest absolute Gasteiger partial charge is 0.226 e. The number of aromatic nitrogens is 2. The Labute approximate surface area is 173 Å². The van der Waals surface area contributed by atoms with Crippen LogP contribution in [0.3, 0.4) is 0 Å². The lowest BCUT2D eigenvalue weighted by Crippen LogP contribution is -2.46. The predicted molar refractivity (Wildman–Crippen MR) is 114 cm³/mol. The van der Waals surface area contributed by atoms with Crippen LogP contribution in [-0.4, -0.2) is 71.9 Å². The molecule has 0 spiro atoms. The van der Waals surface area contributed by atoms with Gasteiger partial charge < -0.3 is 14.5 Å². The number of likely N-dealkylation sites (tertiary alicyclic amines) is 1. The summed E-state index contributed by atoms with van der Waals surface area (Å²) in [6.45, 7) is 5.15. The van der Waals surface area contributed by atoms with E-state index >= 15 is 0 Å². The van der Waals surface area contributed by atoms with E-state index in [4.69, 9.17) is 9.84 Å². The van der Waals surface area contributed by atoms with Crippen molar-refractivity contribution < 1.29 is 9.53 Å². The highest BCUT2D eigenvalue weighted by Gasteiger charge is 2.31. The fourth-order valence-electron chi connectivity index (χ4n) is 4.76. The van der Waals surface area contributed by atoms with E-state index in [-0.39, 0.29) is 5.92 Å². The lowest BCUT2D eigenvalue weighted by Gasteiger charge is -2.34. The zero-order valence-electron chi connectivity index (χ0n) is 17.6. The van der Waals surface area contributed by atoms with E-state index in [1.54, 1.807) is 7.11 Å². The zero-order chi connectivity index (χ0) is 20.2. The van der Waals surface area contributed by atoms with Crippen LogP contribution in [0.15, 0.2) is 30.3 Å². The van der Waals surface area contributed by atoms with E-state index in [1.807, 2.05) is 17.8 Å². The van der Waals surface area contributed by atoms with Crippen LogP contribution in [-0.2, 0) is 29.4 Å². The number of methoxy groups -OCH3 is 1. The summed E-state index contributed by atoms with van der Waals surface area (Å²) in [6, 6.07) is 10.4. The molecule has 2 aromatic rings. The number of benzene rings is 1. The maximum Gasteiger partial charge on any atom is 0.226 e. The first-order valence-electron chi connectivity index (χ1n) is 10.8. The molecule has 4 rings (SSSR count). The number of carbonyl (C=O) groups is 1. The highest BCUT2D eigenvalue weighted by Crippen LogP contribution is 2.29. The fraction of sp³-hybridized carbons (Fsp3) is 0.565. The van der Waals surface area contributed by atoms with Gasteiger partial charge in [-0.25, -0.2) is 0 Å². The van der Waals surface area contributed by atoms with E-state index in [0.29, 0.717) is 5.91 Å². The summed E-state index contributed by atoms with van der Waals surface area (Å²) in [5.74, 6) is 0.447. The number of carbonyl (C=O) groups excluding carboxylic acids is 1. The fourth-order valence-corrected chi connectivity index (χ4v) is 4.76. The van der Waals surface area contributed by atoms with E-state index < -0.39 is 0 Å². The first-order valence-corrected chi connectivity index (χ1v) is 10.8. The molecular formula is C23H32N4O2. The van der Waals surface area contributed by atoms with Gasteiger partial charge >= 0.3 is 0 Å².